The molecular weight excluding hydrogens is 228 g/mol. The smallest absolute Gasteiger partial charge is 0.143 e. The average molecular weight is 242 g/mol. The molecule has 0 saturated carbocycles. The molecule has 0 fully saturated rings. The summed E-state index contributed by atoms with van der Waals surface area (Å²) in [6.07, 6.45) is 0. The summed E-state index contributed by atoms with van der Waals surface area (Å²) in [6, 6.07) is 10.00. The fourth-order valence-corrected chi connectivity index (χ4v) is 1.66. The van der Waals surface area contributed by atoms with Crippen molar-refractivity contribution in [3.05, 3.63) is 52.1 Å². The van der Waals surface area contributed by atoms with Crippen LogP contribution in [0.25, 0.3) is 21.7 Å². The van der Waals surface area contributed by atoms with Crippen molar-refractivity contribution >= 4 is 0 Å². The minimum Gasteiger partial charge on any atom is -0.361 e. The molecule has 1 heterocycles. The molecule has 2 aromatic rings. The summed E-state index contributed by atoms with van der Waals surface area (Å²) in [5, 5.41) is 7.39. The van der Waals surface area contributed by atoms with Crippen LogP contribution in [-0.2, 0) is 6.54 Å². The first-order valence-corrected chi connectivity index (χ1v) is 5.77. The Hall–Kier alpha value is -2.26. The lowest BCUT2D eigenvalue weighted by Gasteiger charge is -2.04. The fourth-order valence-electron chi connectivity index (χ4n) is 1.66. The number of benzene rings is 1. The van der Waals surface area contributed by atoms with Crippen LogP contribution in [-0.4, -0.2) is 5.16 Å². The minimum absolute atomic E-state index is 0.188. The van der Waals surface area contributed by atoms with Crippen molar-refractivity contribution in [2.45, 2.75) is 26.3 Å². The van der Waals surface area contributed by atoms with E-state index in [1.807, 2.05) is 12.1 Å². The van der Waals surface area contributed by atoms with Gasteiger partial charge in [0.25, 0.3) is 0 Å². The van der Waals surface area contributed by atoms with Gasteiger partial charge in [0.2, 0.25) is 0 Å². The molecule has 92 valence electrons. The zero-order valence-electron chi connectivity index (χ0n) is 10.4. The second kappa shape index (κ2) is 5.38. The molecule has 0 aliphatic rings. The van der Waals surface area contributed by atoms with Crippen molar-refractivity contribution in [2.24, 2.45) is 5.11 Å². The number of azide groups is 1. The molecule has 0 N–H and O–H groups in total. The quantitative estimate of drug-likeness (QED) is 0.456. The number of hydrogen-bond acceptors (Lipinski definition) is 3. The van der Waals surface area contributed by atoms with Crippen LogP contribution in [0.5, 0.6) is 0 Å². The van der Waals surface area contributed by atoms with Gasteiger partial charge in [0, 0.05) is 16.5 Å². The zero-order chi connectivity index (χ0) is 13.0. The summed E-state index contributed by atoms with van der Waals surface area (Å²) in [5.74, 6) is 1.08. The first kappa shape index (κ1) is 12.2. The number of aromatic nitrogens is 1. The summed E-state index contributed by atoms with van der Waals surface area (Å²) < 4.78 is 5.08. The second-order valence-electron chi connectivity index (χ2n) is 4.34. The second-order valence-corrected chi connectivity index (χ2v) is 4.34. The van der Waals surface area contributed by atoms with Gasteiger partial charge < -0.3 is 4.52 Å². The largest absolute Gasteiger partial charge is 0.361 e. The third kappa shape index (κ3) is 2.70. The van der Waals surface area contributed by atoms with Crippen molar-refractivity contribution in [1.82, 2.24) is 5.16 Å². The van der Waals surface area contributed by atoms with E-state index in [1.54, 1.807) is 6.07 Å². The summed E-state index contributed by atoms with van der Waals surface area (Å²) in [4.78, 5) is 2.68. The number of rotatable bonds is 4. The molecule has 18 heavy (non-hydrogen) atoms. The first-order valence-electron chi connectivity index (χ1n) is 5.77. The molecule has 0 amide bonds. The summed E-state index contributed by atoms with van der Waals surface area (Å²) in [7, 11) is 0. The van der Waals surface area contributed by atoms with Gasteiger partial charge in [0.1, 0.15) is 11.5 Å². The van der Waals surface area contributed by atoms with Crippen molar-refractivity contribution < 1.29 is 4.52 Å². The van der Waals surface area contributed by atoms with Crippen LogP contribution in [0.3, 0.4) is 0 Å². The maximum absolute atomic E-state index is 8.23. The van der Waals surface area contributed by atoms with Gasteiger partial charge in [-0.15, -0.1) is 0 Å². The standard InChI is InChI=1S/C13H14N4O/c1-9(2)10-3-5-11(6-4-10)13-7-12(18-16-13)8-15-17-14/h3-7,9H,8H2,1-2H3. The molecule has 5 heteroatoms. The van der Waals surface area contributed by atoms with Gasteiger partial charge in [-0.2, -0.15) is 0 Å². The third-order valence-corrected chi connectivity index (χ3v) is 2.72. The van der Waals surface area contributed by atoms with E-state index in [9.17, 15) is 0 Å². The highest BCUT2D eigenvalue weighted by Crippen LogP contribution is 2.22. The number of hydrogen-bond donors (Lipinski definition) is 0. The maximum Gasteiger partial charge on any atom is 0.143 e. The van der Waals surface area contributed by atoms with Crippen LogP contribution in [0.1, 0.15) is 31.1 Å². The van der Waals surface area contributed by atoms with Gasteiger partial charge in [0.15, 0.2) is 0 Å². The highest BCUT2D eigenvalue weighted by Gasteiger charge is 2.06. The molecule has 0 atom stereocenters. The van der Waals surface area contributed by atoms with Crippen LogP contribution in [0, 0.1) is 0 Å². The topological polar surface area (TPSA) is 74.8 Å². The Morgan fingerprint density at radius 2 is 2.06 bits per heavy atom. The average Bonchev–Trinajstić information content (AvgIpc) is 2.85. The molecule has 1 aromatic heterocycles. The summed E-state index contributed by atoms with van der Waals surface area (Å²) >= 11 is 0. The SMILES string of the molecule is CC(C)c1ccc(-c2cc(CN=[N+]=[N-])on2)cc1. The van der Waals surface area contributed by atoms with E-state index in [2.05, 4.69) is 41.2 Å². The van der Waals surface area contributed by atoms with Crippen molar-refractivity contribution in [3.63, 3.8) is 0 Å². The molecule has 0 unspecified atom stereocenters. The minimum atomic E-state index is 0.188. The number of nitrogens with zero attached hydrogens (tertiary/aromatic N) is 4. The predicted molar refractivity (Wildman–Crippen MR) is 68.9 cm³/mol. The van der Waals surface area contributed by atoms with Gasteiger partial charge in [-0.3, -0.25) is 0 Å². The Morgan fingerprint density at radius 1 is 1.33 bits per heavy atom. The highest BCUT2D eigenvalue weighted by atomic mass is 16.5. The Balaban J connectivity index is 2.20. The molecule has 1 aromatic carbocycles. The van der Waals surface area contributed by atoms with Crippen LogP contribution in [0.15, 0.2) is 40.0 Å². The molecule has 0 aliphatic carbocycles. The highest BCUT2D eigenvalue weighted by molar-refractivity contribution is 5.59. The van der Waals surface area contributed by atoms with Gasteiger partial charge in [0.05, 0.1) is 6.54 Å². The zero-order valence-corrected chi connectivity index (χ0v) is 10.4. The van der Waals surface area contributed by atoms with E-state index in [0.717, 1.165) is 11.3 Å². The molecule has 0 bridgehead atoms. The van der Waals surface area contributed by atoms with E-state index in [-0.39, 0.29) is 6.54 Å². The Morgan fingerprint density at radius 3 is 2.67 bits per heavy atom. The molecule has 0 aliphatic heterocycles. The van der Waals surface area contributed by atoms with Crippen LogP contribution >= 0.6 is 0 Å². The Labute approximate surface area is 105 Å². The lowest BCUT2D eigenvalue weighted by atomic mass is 10.0. The van der Waals surface area contributed by atoms with Gasteiger partial charge in [-0.25, -0.2) is 0 Å². The first-order chi connectivity index (χ1) is 8.70. The van der Waals surface area contributed by atoms with Gasteiger partial charge in [-0.05, 0) is 17.0 Å². The normalized spacial score (nSPS) is 10.4. The summed E-state index contributed by atoms with van der Waals surface area (Å²) in [5.41, 5.74) is 11.3. The van der Waals surface area contributed by atoms with E-state index < -0.39 is 0 Å². The molecule has 0 saturated heterocycles. The van der Waals surface area contributed by atoms with E-state index in [1.165, 1.54) is 5.56 Å². The van der Waals surface area contributed by atoms with Crippen LogP contribution in [0.4, 0.5) is 0 Å². The lowest BCUT2D eigenvalue weighted by Crippen LogP contribution is -1.86. The molecule has 0 spiro atoms. The van der Waals surface area contributed by atoms with Crippen LogP contribution in [0.2, 0.25) is 0 Å². The predicted octanol–water partition coefficient (Wildman–Crippen LogP) is 4.28. The van der Waals surface area contributed by atoms with Gasteiger partial charge in [-0.1, -0.05) is 48.4 Å². The van der Waals surface area contributed by atoms with E-state index in [0.29, 0.717) is 11.7 Å². The lowest BCUT2D eigenvalue weighted by molar-refractivity contribution is 0.387. The summed E-state index contributed by atoms with van der Waals surface area (Å²) in [6.45, 7) is 4.50. The van der Waals surface area contributed by atoms with Crippen LogP contribution < -0.4 is 0 Å². The van der Waals surface area contributed by atoms with Gasteiger partial charge >= 0.3 is 0 Å². The Bertz CT molecular complexity index is 565. The molecule has 0 radical (unpaired) electrons. The fraction of sp³-hybridized carbons (Fsp3) is 0.308. The Kier molecular flexibility index (Phi) is 3.65. The molecule has 2 rings (SSSR count). The van der Waals surface area contributed by atoms with Crippen molar-refractivity contribution in [1.29, 1.82) is 0 Å². The third-order valence-electron chi connectivity index (χ3n) is 2.72. The molecular formula is C13H14N4O. The monoisotopic (exact) mass is 242 g/mol. The molecule has 5 nitrogen and oxygen atoms in total. The van der Waals surface area contributed by atoms with E-state index in [4.69, 9.17) is 10.1 Å². The maximum atomic E-state index is 8.23. The van der Waals surface area contributed by atoms with Crippen molar-refractivity contribution in [3.8, 4) is 11.3 Å². The van der Waals surface area contributed by atoms with Crippen molar-refractivity contribution in [2.75, 3.05) is 0 Å². The van der Waals surface area contributed by atoms with E-state index >= 15 is 0 Å².